The Hall–Kier alpha value is -4.07. The molecule has 0 amide bonds. The van der Waals surface area contributed by atoms with Gasteiger partial charge in [-0.15, -0.1) is 0 Å². The number of unbranched alkanes of at least 4 members (excludes halogenated alkanes) is 2. The maximum absolute atomic E-state index is 12.5. The molecule has 2 rings (SSSR count). The van der Waals surface area contributed by atoms with Gasteiger partial charge in [0.2, 0.25) is 0 Å². The van der Waals surface area contributed by atoms with Crippen LogP contribution in [0.2, 0.25) is 0 Å². The lowest BCUT2D eigenvalue weighted by Crippen LogP contribution is -2.09. The summed E-state index contributed by atoms with van der Waals surface area (Å²) < 4.78 is 25.9. The molecular weight excluding hydrogens is 440 g/mol. The number of hydrogen-bond acceptors (Lipinski definition) is 8. The smallest absolute Gasteiger partial charge is 0.343 e. The van der Waals surface area contributed by atoms with E-state index in [2.05, 4.69) is 11.3 Å². The van der Waals surface area contributed by atoms with Crippen LogP contribution in [0.3, 0.4) is 0 Å². The van der Waals surface area contributed by atoms with Crippen LogP contribution >= 0.6 is 0 Å². The molecule has 0 spiro atoms. The number of benzene rings is 2. The molecule has 2 aromatic carbocycles. The fraction of sp³-hybridized carbons (Fsp3) is 0.269. The van der Waals surface area contributed by atoms with Crippen LogP contribution in [-0.4, -0.2) is 45.3 Å². The van der Waals surface area contributed by atoms with Gasteiger partial charge in [-0.2, -0.15) is 0 Å². The van der Waals surface area contributed by atoms with E-state index in [1.165, 1.54) is 20.3 Å². The second-order valence-corrected chi connectivity index (χ2v) is 6.96. The molecule has 0 unspecified atom stereocenters. The van der Waals surface area contributed by atoms with Crippen LogP contribution < -0.4 is 14.2 Å². The maximum atomic E-state index is 12.5. The monoisotopic (exact) mass is 468 g/mol. The van der Waals surface area contributed by atoms with Crippen LogP contribution in [0.1, 0.15) is 35.2 Å². The molecule has 0 radical (unpaired) electrons. The molecule has 0 aliphatic carbocycles. The van der Waals surface area contributed by atoms with Crippen molar-refractivity contribution < 1.29 is 38.1 Å². The summed E-state index contributed by atoms with van der Waals surface area (Å²) in [5.74, 6) is -0.210. The van der Waals surface area contributed by atoms with E-state index in [1.807, 2.05) is 0 Å². The molecule has 34 heavy (non-hydrogen) atoms. The number of ether oxygens (including phenoxy) is 5. The Bertz CT molecular complexity index is 1010. The predicted octanol–water partition coefficient (Wildman–Crippen LogP) is 4.38. The van der Waals surface area contributed by atoms with Crippen molar-refractivity contribution in [3.8, 4) is 17.2 Å². The first kappa shape index (κ1) is 26.2. The summed E-state index contributed by atoms with van der Waals surface area (Å²) in [6, 6.07) is 11.5. The second-order valence-electron chi connectivity index (χ2n) is 6.96. The Labute approximate surface area is 198 Å². The lowest BCUT2D eigenvalue weighted by atomic mass is 10.2. The van der Waals surface area contributed by atoms with Gasteiger partial charge in [-0.25, -0.2) is 14.4 Å². The van der Waals surface area contributed by atoms with Crippen LogP contribution in [0, 0.1) is 0 Å². The average molecular weight is 469 g/mol. The fourth-order valence-electron chi connectivity index (χ4n) is 2.75. The third-order valence-electron chi connectivity index (χ3n) is 4.56. The van der Waals surface area contributed by atoms with Crippen LogP contribution in [0.15, 0.2) is 61.2 Å². The minimum atomic E-state index is -0.545. The van der Waals surface area contributed by atoms with Gasteiger partial charge in [0.25, 0.3) is 0 Å². The van der Waals surface area contributed by atoms with Gasteiger partial charge in [0.05, 0.1) is 33.0 Å². The fourth-order valence-corrected chi connectivity index (χ4v) is 2.75. The highest BCUT2D eigenvalue weighted by atomic mass is 16.6. The average Bonchev–Trinajstić information content (AvgIpc) is 2.87. The number of rotatable bonds is 13. The molecule has 0 aliphatic heterocycles. The molecule has 0 aliphatic rings. The largest absolute Gasteiger partial charge is 0.494 e. The Balaban J connectivity index is 1.84. The first-order chi connectivity index (χ1) is 16.5. The zero-order chi connectivity index (χ0) is 24.8. The third kappa shape index (κ3) is 8.82. The van der Waals surface area contributed by atoms with Gasteiger partial charge in [-0.3, -0.25) is 0 Å². The first-order valence-electron chi connectivity index (χ1n) is 10.6. The number of carbonyl (C=O) groups is 3. The molecule has 0 bridgehead atoms. The van der Waals surface area contributed by atoms with Crippen molar-refractivity contribution in [3.63, 3.8) is 0 Å². The molecule has 0 saturated carbocycles. The van der Waals surface area contributed by atoms with E-state index in [-0.39, 0.29) is 5.75 Å². The highest BCUT2D eigenvalue weighted by Gasteiger charge is 2.13. The molecule has 8 nitrogen and oxygen atoms in total. The molecule has 0 aromatic heterocycles. The van der Waals surface area contributed by atoms with Crippen LogP contribution in [0.25, 0.3) is 6.08 Å². The van der Waals surface area contributed by atoms with Crippen LogP contribution in [-0.2, 0) is 19.1 Å². The number of methoxy groups -OCH3 is 2. The first-order valence-corrected chi connectivity index (χ1v) is 10.6. The predicted molar refractivity (Wildman–Crippen MR) is 126 cm³/mol. The second kappa shape index (κ2) is 14.2. The normalized spacial score (nSPS) is 10.4. The van der Waals surface area contributed by atoms with E-state index in [4.69, 9.17) is 18.9 Å². The van der Waals surface area contributed by atoms with Crippen molar-refractivity contribution in [2.45, 2.75) is 19.3 Å². The summed E-state index contributed by atoms with van der Waals surface area (Å²) in [4.78, 5) is 34.7. The van der Waals surface area contributed by atoms with Gasteiger partial charge < -0.3 is 23.7 Å². The summed E-state index contributed by atoms with van der Waals surface area (Å²) in [6.07, 6.45) is 6.40. The van der Waals surface area contributed by atoms with Gasteiger partial charge in [-0.1, -0.05) is 12.6 Å². The van der Waals surface area contributed by atoms with Gasteiger partial charge in [0.15, 0.2) is 11.5 Å². The lowest BCUT2D eigenvalue weighted by molar-refractivity contribution is -0.138. The Morgan fingerprint density at radius 3 is 2.29 bits per heavy atom. The zero-order valence-corrected chi connectivity index (χ0v) is 19.3. The number of carbonyl (C=O) groups excluding carboxylic acids is 3. The van der Waals surface area contributed by atoms with Gasteiger partial charge in [-0.05, 0) is 67.3 Å². The molecule has 0 fully saturated rings. The molecule has 180 valence electrons. The molecular formula is C26H28O8. The van der Waals surface area contributed by atoms with E-state index in [0.29, 0.717) is 35.8 Å². The topological polar surface area (TPSA) is 97.4 Å². The van der Waals surface area contributed by atoms with E-state index in [9.17, 15) is 14.4 Å². The van der Waals surface area contributed by atoms with Crippen molar-refractivity contribution >= 4 is 24.0 Å². The van der Waals surface area contributed by atoms with Crippen molar-refractivity contribution in [1.82, 2.24) is 0 Å². The lowest BCUT2D eigenvalue weighted by Gasteiger charge is -2.11. The van der Waals surface area contributed by atoms with E-state index < -0.39 is 17.9 Å². The van der Waals surface area contributed by atoms with E-state index in [1.54, 1.807) is 48.5 Å². The molecule has 0 heterocycles. The van der Waals surface area contributed by atoms with E-state index in [0.717, 1.165) is 25.3 Å². The van der Waals surface area contributed by atoms with Gasteiger partial charge >= 0.3 is 17.9 Å². The molecule has 8 heteroatoms. The summed E-state index contributed by atoms with van der Waals surface area (Å²) in [7, 11) is 2.75. The van der Waals surface area contributed by atoms with Gasteiger partial charge in [0.1, 0.15) is 5.75 Å². The Kier molecular flexibility index (Phi) is 10.9. The highest BCUT2D eigenvalue weighted by Crippen LogP contribution is 2.29. The highest BCUT2D eigenvalue weighted by molar-refractivity contribution is 5.91. The standard InChI is InChI=1S/C26H28O8/c1-4-24(27)33-17-7-5-6-16-32-21-12-10-20(11-13-21)26(29)34-22-14-8-19(18-23(22)30-2)9-15-25(28)31-3/h4,8-15,18H,1,5-7,16-17H2,2-3H3/b15-9+. The minimum Gasteiger partial charge on any atom is -0.494 e. The minimum absolute atomic E-state index is 0.252. The number of esters is 3. The maximum Gasteiger partial charge on any atom is 0.343 e. The van der Waals surface area contributed by atoms with Crippen LogP contribution in [0.5, 0.6) is 17.2 Å². The Morgan fingerprint density at radius 1 is 0.882 bits per heavy atom. The summed E-state index contributed by atoms with van der Waals surface area (Å²) >= 11 is 0. The van der Waals surface area contributed by atoms with Crippen molar-refractivity contribution in [2.24, 2.45) is 0 Å². The molecule has 0 N–H and O–H groups in total. The molecule has 0 saturated heterocycles. The summed E-state index contributed by atoms with van der Waals surface area (Å²) in [5, 5.41) is 0. The zero-order valence-electron chi connectivity index (χ0n) is 19.3. The molecule has 2 aromatic rings. The quantitative estimate of drug-likeness (QED) is 0.185. The van der Waals surface area contributed by atoms with Crippen molar-refractivity contribution in [3.05, 3.63) is 72.3 Å². The summed E-state index contributed by atoms with van der Waals surface area (Å²) in [5.41, 5.74) is 1.04. The third-order valence-corrected chi connectivity index (χ3v) is 4.56. The molecule has 0 atom stereocenters. The van der Waals surface area contributed by atoms with E-state index >= 15 is 0 Å². The van der Waals surface area contributed by atoms with Crippen LogP contribution in [0.4, 0.5) is 0 Å². The Morgan fingerprint density at radius 2 is 1.62 bits per heavy atom. The number of hydrogen-bond donors (Lipinski definition) is 0. The SMILES string of the molecule is C=CC(=O)OCCCCCOc1ccc(C(=O)Oc2ccc(/C=C/C(=O)OC)cc2OC)cc1. The summed E-state index contributed by atoms with van der Waals surface area (Å²) in [6.45, 7) is 4.21. The van der Waals surface area contributed by atoms with Crippen molar-refractivity contribution in [2.75, 3.05) is 27.4 Å². The van der Waals surface area contributed by atoms with Crippen molar-refractivity contribution in [1.29, 1.82) is 0 Å². The van der Waals surface area contributed by atoms with Gasteiger partial charge in [0, 0.05) is 12.2 Å².